The van der Waals surface area contributed by atoms with Crippen LogP contribution in [0.1, 0.15) is 36.6 Å². The number of alkyl halides is 4. The van der Waals surface area contributed by atoms with Gasteiger partial charge in [-0.05, 0) is 42.2 Å². The van der Waals surface area contributed by atoms with Gasteiger partial charge in [-0.25, -0.2) is 18.4 Å². The van der Waals surface area contributed by atoms with Crippen LogP contribution in [0.25, 0.3) is 0 Å². The highest BCUT2D eigenvalue weighted by atomic mass is 32.2. The van der Waals surface area contributed by atoms with Crippen molar-refractivity contribution in [2.45, 2.75) is 50.6 Å². The van der Waals surface area contributed by atoms with Crippen LogP contribution < -0.4 is 14.9 Å². The number of sulfonamides is 1. The van der Waals surface area contributed by atoms with E-state index >= 15 is 4.39 Å². The lowest BCUT2D eigenvalue weighted by Crippen LogP contribution is -2.28. The Morgan fingerprint density at radius 1 is 1.05 bits per heavy atom. The first kappa shape index (κ1) is 26.5. The van der Waals surface area contributed by atoms with Crippen LogP contribution in [0.5, 0.6) is 0 Å². The van der Waals surface area contributed by atoms with Gasteiger partial charge >= 0.3 is 5.76 Å². The van der Waals surface area contributed by atoms with Gasteiger partial charge in [-0.15, -0.1) is 0 Å². The molecule has 3 aromatic rings. The van der Waals surface area contributed by atoms with Crippen molar-refractivity contribution >= 4 is 27.3 Å². The number of anilines is 3. The summed E-state index contributed by atoms with van der Waals surface area (Å²) in [6.45, 7) is 1.09. The van der Waals surface area contributed by atoms with Gasteiger partial charge in [-0.1, -0.05) is 18.2 Å². The number of aromatic nitrogens is 3. The molecule has 0 atom stereocenters. The second-order valence-corrected chi connectivity index (χ2v) is 10.3. The molecule has 0 aliphatic heterocycles. The van der Waals surface area contributed by atoms with Crippen molar-refractivity contribution in [3.05, 3.63) is 71.6 Å². The summed E-state index contributed by atoms with van der Waals surface area (Å²) in [5.41, 5.74) is 0.839. The van der Waals surface area contributed by atoms with Crippen LogP contribution in [0.2, 0.25) is 0 Å². The van der Waals surface area contributed by atoms with E-state index in [9.17, 15) is 26.0 Å². The number of nitrogens with one attached hydrogen (secondary N) is 2. The van der Waals surface area contributed by atoms with E-state index in [-0.39, 0.29) is 42.1 Å². The van der Waals surface area contributed by atoms with Crippen molar-refractivity contribution in [1.29, 1.82) is 0 Å². The molecule has 2 heterocycles. The maximum atomic E-state index is 15.4. The lowest BCUT2D eigenvalue weighted by molar-refractivity contribution is 0.0127. The van der Waals surface area contributed by atoms with E-state index in [0.29, 0.717) is 11.1 Å². The molecular weight excluding hydrogens is 519 g/mol. The molecular formula is C23H23F5N6O2S. The van der Waals surface area contributed by atoms with Crippen LogP contribution in [0.3, 0.4) is 0 Å². The summed E-state index contributed by atoms with van der Waals surface area (Å²) >= 11 is 0. The predicted molar refractivity (Wildman–Crippen MR) is 127 cm³/mol. The first-order chi connectivity index (χ1) is 17.4. The Labute approximate surface area is 210 Å². The minimum Gasteiger partial charge on any atom is -0.363 e. The lowest BCUT2D eigenvalue weighted by Gasteiger charge is -2.24. The van der Waals surface area contributed by atoms with Crippen LogP contribution in [-0.2, 0) is 29.0 Å². The molecule has 0 saturated heterocycles. The maximum absolute atomic E-state index is 15.4. The van der Waals surface area contributed by atoms with Gasteiger partial charge in [-0.3, -0.25) is 9.71 Å². The third kappa shape index (κ3) is 6.61. The average molecular weight is 543 g/mol. The van der Waals surface area contributed by atoms with Crippen molar-refractivity contribution < 1.29 is 30.4 Å². The lowest BCUT2D eigenvalue weighted by atomic mass is 10.2. The highest BCUT2D eigenvalue weighted by Gasteiger charge is 2.33. The van der Waals surface area contributed by atoms with Crippen molar-refractivity contribution in [2.75, 3.05) is 14.9 Å². The van der Waals surface area contributed by atoms with Crippen LogP contribution in [0.4, 0.5) is 39.3 Å². The zero-order chi connectivity index (χ0) is 26.8. The summed E-state index contributed by atoms with van der Waals surface area (Å²) in [5, 5.41) is 2.85. The first-order valence-corrected chi connectivity index (χ1v) is 12.7. The Bertz CT molecular complexity index is 1330. The van der Waals surface area contributed by atoms with Gasteiger partial charge < -0.3 is 10.2 Å². The fourth-order valence-electron chi connectivity index (χ4n) is 3.51. The fourth-order valence-corrected chi connectivity index (χ4v) is 4.06. The summed E-state index contributed by atoms with van der Waals surface area (Å²) < 4.78 is 91.6. The molecule has 37 heavy (non-hydrogen) atoms. The molecule has 2 aromatic heterocycles. The molecule has 0 amide bonds. The molecule has 0 unspecified atom stereocenters. The molecule has 0 spiro atoms. The third-order valence-electron chi connectivity index (χ3n) is 5.57. The second-order valence-electron chi connectivity index (χ2n) is 8.62. The minimum absolute atomic E-state index is 0.0362. The zero-order valence-electron chi connectivity index (χ0n) is 19.5. The van der Waals surface area contributed by atoms with Crippen LogP contribution in [0.15, 0.2) is 48.9 Å². The number of nitrogens with zero attached hydrogens (tertiary/aromatic N) is 4. The summed E-state index contributed by atoms with van der Waals surface area (Å²) in [6.07, 6.45) is 4.20. The standard InChI is InChI=1S/C23H23F5N6O2S/c1-23(27,28)18-9-4-15(11-29-18)12-34(17-7-8-17)21-19(24)20(31-13-32-21)30-10-14-2-5-16(6-3-14)33-37(35,36)22(25)26/h2-6,9,11,13,17,22,33H,7-8,10,12H2,1H3,(H,30,31,32). The van der Waals surface area contributed by atoms with E-state index < -0.39 is 27.5 Å². The normalized spacial score (nSPS) is 14.0. The molecule has 2 N–H and O–H groups in total. The third-order valence-corrected chi connectivity index (χ3v) is 6.56. The monoisotopic (exact) mass is 542 g/mol. The van der Waals surface area contributed by atoms with Crippen LogP contribution in [0, 0.1) is 5.82 Å². The second kappa shape index (κ2) is 10.4. The van der Waals surface area contributed by atoms with E-state index in [4.69, 9.17) is 0 Å². The topological polar surface area (TPSA) is 100 Å². The fraction of sp³-hybridized carbons (Fsp3) is 0.348. The Morgan fingerprint density at radius 3 is 2.30 bits per heavy atom. The highest BCUT2D eigenvalue weighted by molar-refractivity contribution is 7.93. The summed E-state index contributed by atoms with van der Waals surface area (Å²) in [6, 6.07) is 8.40. The quantitative estimate of drug-likeness (QED) is 0.334. The van der Waals surface area contributed by atoms with Crippen LogP contribution >= 0.6 is 0 Å². The van der Waals surface area contributed by atoms with E-state index in [0.717, 1.165) is 19.8 Å². The molecule has 4 rings (SSSR count). The molecule has 1 aromatic carbocycles. The molecule has 0 radical (unpaired) electrons. The Morgan fingerprint density at radius 2 is 1.73 bits per heavy atom. The highest BCUT2D eigenvalue weighted by Crippen LogP contribution is 2.35. The molecule has 14 heteroatoms. The maximum Gasteiger partial charge on any atom is 0.355 e. The molecule has 1 aliphatic carbocycles. The summed E-state index contributed by atoms with van der Waals surface area (Å²) in [4.78, 5) is 13.6. The molecule has 1 saturated carbocycles. The summed E-state index contributed by atoms with van der Waals surface area (Å²) in [7, 11) is -4.78. The van der Waals surface area contributed by atoms with Gasteiger partial charge in [0.05, 0.1) is 0 Å². The van der Waals surface area contributed by atoms with E-state index in [1.807, 2.05) is 0 Å². The zero-order valence-corrected chi connectivity index (χ0v) is 20.3. The van der Waals surface area contributed by atoms with Crippen molar-refractivity contribution in [3.8, 4) is 0 Å². The minimum atomic E-state index is -4.78. The molecule has 1 fully saturated rings. The Hall–Kier alpha value is -3.55. The first-order valence-electron chi connectivity index (χ1n) is 11.2. The Kier molecular flexibility index (Phi) is 7.48. The molecule has 1 aliphatic rings. The molecule has 8 nitrogen and oxygen atoms in total. The number of hydrogen-bond acceptors (Lipinski definition) is 7. The Balaban J connectivity index is 1.45. The van der Waals surface area contributed by atoms with Gasteiger partial charge in [0.25, 0.3) is 15.9 Å². The number of rotatable bonds is 11. The smallest absolute Gasteiger partial charge is 0.355 e. The van der Waals surface area contributed by atoms with Crippen molar-refractivity contribution in [1.82, 2.24) is 15.0 Å². The van der Waals surface area contributed by atoms with Gasteiger partial charge in [-0.2, -0.15) is 22.0 Å². The number of benzene rings is 1. The number of halogens is 5. The largest absolute Gasteiger partial charge is 0.363 e. The van der Waals surface area contributed by atoms with Gasteiger partial charge in [0.1, 0.15) is 12.0 Å². The van der Waals surface area contributed by atoms with Gasteiger partial charge in [0.2, 0.25) is 5.82 Å². The molecule has 198 valence electrons. The van der Waals surface area contributed by atoms with E-state index in [2.05, 4.69) is 20.3 Å². The summed E-state index contributed by atoms with van der Waals surface area (Å²) in [5.74, 6) is -7.33. The van der Waals surface area contributed by atoms with Crippen molar-refractivity contribution in [3.63, 3.8) is 0 Å². The van der Waals surface area contributed by atoms with Crippen LogP contribution in [-0.4, -0.2) is 35.2 Å². The predicted octanol–water partition coefficient (Wildman–Crippen LogP) is 4.87. The SMILES string of the molecule is CC(F)(F)c1ccc(CN(c2ncnc(NCc3ccc(NS(=O)(=O)C(F)F)cc3)c2F)C2CC2)cn1. The van der Waals surface area contributed by atoms with E-state index in [1.54, 1.807) is 9.62 Å². The van der Waals surface area contributed by atoms with Gasteiger partial charge in [0.15, 0.2) is 11.6 Å². The molecule has 0 bridgehead atoms. The van der Waals surface area contributed by atoms with E-state index in [1.165, 1.54) is 48.9 Å². The average Bonchev–Trinajstić information content (AvgIpc) is 3.68. The van der Waals surface area contributed by atoms with Crippen molar-refractivity contribution in [2.24, 2.45) is 0 Å². The van der Waals surface area contributed by atoms with Gasteiger partial charge in [0, 0.05) is 37.9 Å². The number of hydrogen-bond donors (Lipinski definition) is 2. The number of pyridine rings is 1.